The number of hydrogen-bond acceptors (Lipinski definition) is 4. The van der Waals surface area contributed by atoms with Gasteiger partial charge in [0.05, 0.1) is 24.5 Å². The third-order valence-electron chi connectivity index (χ3n) is 5.10. The average molecular weight is 355 g/mol. The van der Waals surface area contributed by atoms with Crippen molar-refractivity contribution in [1.82, 2.24) is 0 Å². The normalized spacial score (nSPS) is 21.8. The Balaban J connectivity index is 2.54. The largest absolute Gasteiger partial charge is 0.465 e. The van der Waals surface area contributed by atoms with Gasteiger partial charge in [0.15, 0.2) is 0 Å². The Morgan fingerprint density at radius 2 is 1.56 bits per heavy atom. The number of unbranched alkanes of at least 4 members (excludes halogenated alkanes) is 2. The van der Waals surface area contributed by atoms with Gasteiger partial charge in [0.1, 0.15) is 0 Å². The van der Waals surface area contributed by atoms with E-state index in [4.69, 9.17) is 9.47 Å². The van der Waals surface area contributed by atoms with Crippen molar-refractivity contribution in [3.63, 3.8) is 0 Å². The molecule has 0 aromatic carbocycles. The maximum atomic E-state index is 12.6. The average Bonchev–Trinajstić information content (AvgIpc) is 2.59. The molecule has 1 fully saturated rings. The molecule has 25 heavy (non-hydrogen) atoms. The molecule has 0 bridgehead atoms. The molecule has 3 atom stereocenters. The number of hydrogen-bond donors (Lipinski definition) is 0. The summed E-state index contributed by atoms with van der Waals surface area (Å²) in [5.74, 6) is -0.622. The summed E-state index contributed by atoms with van der Waals surface area (Å²) in [7, 11) is 0. The van der Waals surface area contributed by atoms with Gasteiger partial charge in [0.2, 0.25) is 0 Å². The molecule has 0 radical (unpaired) electrons. The summed E-state index contributed by atoms with van der Waals surface area (Å²) in [5.41, 5.74) is 0. The minimum atomic E-state index is -0.326. The molecule has 4 heteroatoms. The molecule has 0 aromatic heterocycles. The van der Waals surface area contributed by atoms with Crippen molar-refractivity contribution >= 4 is 11.9 Å². The highest BCUT2D eigenvalue weighted by atomic mass is 16.5. The third-order valence-corrected chi connectivity index (χ3v) is 5.10. The van der Waals surface area contributed by atoms with Crippen LogP contribution in [0.15, 0.2) is 0 Å². The van der Waals surface area contributed by atoms with Crippen LogP contribution >= 0.6 is 0 Å². The summed E-state index contributed by atoms with van der Waals surface area (Å²) in [6.07, 6.45) is 10.3. The van der Waals surface area contributed by atoms with Crippen molar-refractivity contribution in [3.05, 3.63) is 0 Å². The molecular formula is C21H38O4. The minimum Gasteiger partial charge on any atom is -0.465 e. The summed E-state index contributed by atoms with van der Waals surface area (Å²) in [6, 6.07) is 0. The highest BCUT2D eigenvalue weighted by Crippen LogP contribution is 2.32. The Bertz CT molecular complexity index is 391. The van der Waals surface area contributed by atoms with Crippen LogP contribution in [0, 0.1) is 17.8 Å². The van der Waals surface area contributed by atoms with Gasteiger partial charge in [-0.3, -0.25) is 9.59 Å². The molecule has 0 spiro atoms. The molecule has 1 saturated carbocycles. The van der Waals surface area contributed by atoms with Gasteiger partial charge in [-0.25, -0.2) is 0 Å². The van der Waals surface area contributed by atoms with Crippen LogP contribution < -0.4 is 0 Å². The quantitative estimate of drug-likeness (QED) is 0.374. The molecular weight excluding hydrogens is 316 g/mol. The van der Waals surface area contributed by atoms with Gasteiger partial charge < -0.3 is 9.47 Å². The Labute approximate surface area is 154 Å². The monoisotopic (exact) mass is 354 g/mol. The van der Waals surface area contributed by atoms with Gasteiger partial charge in [-0.1, -0.05) is 52.4 Å². The SMILES string of the molecule is CCCCCC(CCC)COC(=O)C1CCCCC1C(=O)OC(C)C. The van der Waals surface area contributed by atoms with Crippen molar-refractivity contribution in [2.24, 2.45) is 17.8 Å². The maximum absolute atomic E-state index is 12.6. The summed E-state index contributed by atoms with van der Waals surface area (Å²) >= 11 is 0. The summed E-state index contributed by atoms with van der Waals surface area (Å²) in [6.45, 7) is 8.57. The standard InChI is InChI=1S/C21H38O4/c1-5-7-8-12-17(11-6-2)15-24-20(22)18-13-9-10-14-19(18)21(23)25-16(3)4/h16-19H,5-15H2,1-4H3. The van der Waals surface area contributed by atoms with E-state index in [1.807, 2.05) is 13.8 Å². The van der Waals surface area contributed by atoms with Gasteiger partial charge in [-0.15, -0.1) is 0 Å². The first-order valence-electron chi connectivity index (χ1n) is 10.4. The molecule has 1 aliphatic rings. The Kier molecular flexibility index (Phi) is 10.8. The number of carbonyl (C=O) groups excluding carboxylic acids is 2. The van der Waals surface area contributed by atoms with Gasteiger partial charge in [-0.05, 0) is 45.4 Å². The fourth-order valence-electron chi connectivity index (χ4n) is 3.72. The van der Waals surface area contributed by atoms with Crippen molar-refractivity contribution in [3.8, 4) is 0 Å². The predicted octanol–water partition coefficient (Wildman–Crippen LogP) is 5.28. The summed E-state index contributed by atoms with van der Waals surface area (Å²) in [5, 5.41) is 0. The first-order valence-corrected chi connectivity index (χ1v) is 10.4. The van der Waals surface area contributed by atoms with E-state index in [1.54, 1.807) is 0 Å². The van der Waals surface area contributed by atoms with Crippen molar-refractivity contribution in [1.29, 1.82) is 0 Å². The van der Waals surface area contributed by atoms with Crippen molar-refractivity contribution in [2.75, 3.05) is 6.61 Å². The van der Waals surface area contributed by atoms with E-state index < -0.39 is 0 Å². The van der Waals surface area contributed by atoms with E-state index in [0.717, 1.165) is 44.9 Å². The van der Waals surface area contributed by atoms with Crippen LogP contribution in [0.3, 0.4) is 0 Å². The molecule has 1 aliphatic carbocycles. The van der Waals surface area contributed by atoms with Gasteiger partial charge in [0, 0.05) is 0 Å². The summed E-state index contributed by atoms with van der Waals surface area (Å²) in [4.78, 5) is 24.9. The van der Waals surface area contributed by atoms with E-state index in [-0.39, 0.29) is 29.9 Å². The topological polar surface area (TPSA) is 52.6 Å². The van der Waals surface area contributed by atoms with E-state index in [0.29, 0.717) is 12.5 Å². The lowest BCUT2D eigenvalue weighted by Crippen LogP contribution is -2.36. The van der Waals surface area contributed by atoms with E-state index >= 15 is 0 Å². The molecule has 1 rings (SSSR count). The number of rotatable bonds is 11. The minimum absolute atomic E-state index is 0.140. The fourth-order valence-corrected chi connectivity index (χ4v) is 3.72. The first kappa shape index (κ1) is 22.0. The van der Waals surface area contributed by atoms with Crippen LogP contribution in [0.5, 0.6) is 0 Å². The smallest absolute Gasteiger partial charge is 0.310 e. The first-order chi connectivity index (χ1) is 12.0. The lowest BCUT2D eigenvalue weighted by atomic mass is 9.79. The molecule has 0 N–H and O–H groups in total. The second-order valence-electron chi connectivity index (χ2n) is 7.76. The second-order valence-corrected chi connectivity index (χ2v) is 7.76. The lowest BCUT2D eigenvalue weighted by molar-refractivity contribution is -0.165. The Morgan fingerprint density at radius 3 is 2.12 bits per heavy atom. The van der Waals surface area contributed by atoms with Crippen molar-refractivity contribution < 1.29 is 19.1 Å². The molecule has 146 valence electrons. The number of ether oxygens (including phenoxy) is 2. The van der Waals surface area contributed by atoms with Crippen LogP contribution in [0.4, 0.5) is 0 Å². The van der Waals surface area contributed by atoms with Crippen LogP contribution in [-0.4, -0.2) is 24.6 Å². The van der Waals surface area contributed by atoms with Crippen LogP contribution in [-0.2, 0) is 19.1 Å². The lowest BCUT2D eigenvalue weighted by Gasteiger charge is -2.29. The second kappa shape index (κ2) is 12.3. The zero-order valence-corrected chi connectivity index (χ0v) is 16.7. The number of carbonyl (C=O) groups is 2. The summed E-state index contributed by atoms with van der Waals surface area (Å²) < 4.78 is 11.0. The van der Waals surface area contributed by atoms with E-state index in [9.17, 15) is 9.59 Å². The molecule has 3 unspecified atom stereocenters. The molecule has 0 saturated heterocycles. The van der Waals surface area contributed by atoms with Gasteiger partial charge in [0.25, 0.3) is 0 Å². The molecule has 0 aliphatic heterocycles. The number of esters is 2. The maximum Gasteiger partial charge on any atom is 0.310 e. The van der Waals surface area contributed by atoms with Crippen LogP contribution in [0.2, 0.25) is 0 Å². The highest BCUT2D eigenvalue weighted by Gasteiger charge is 2.38. The molecule has 4 nitrogen and oxygen atoms in total. The zero-order valence-electron chi connectivity index (χ0n) is 16.7. The van der Waals surface area contributed by atoms with Crippen LogP contribution in [0.1, 0.15) is 91.9 Å². The third kappa shape index (κ3) is 8.24. The zero-order chi connectivity index (χ0) is 18.7. The molecule has 0 heterocycles. The Morgan fingerprint density at radius 1 is 0.920 bits per heavy atom. The van der Waals surface area contributed by atoms with Gasteiger partial charge >= 0.3 is 11.9 Å². The van der Waals surface area contributed by atoms with E-state index in [1.165, 1.54) is 19.3 Å². The fraction of sp³-hybridized carbons (Fsp3) is 0.905. The molecule has 0 aromatic rings. The highest BCUT2D eigenvalue weighted by molar-refractivity contribution is 5.82. The van der Waals surface area contributed by atoms with Crippen molar-refractivity contribution in [2.45, 2.75) is 98.0 Å². The Hall–Kier alpha value is -1.06. The van der Waals surface area contributed by atoms with E-state index in [2.05, 4.69) is 13.8 Å². The van der Waals surface area contributed by atoms with Crippen LogP contribution in [0.25, 0.3) is 0 Å². The predicted molar refractivity (Wildman–Crippen MR) is 100 cm³/mol. The van der Waals surface area contributed by atoms with Gasteiger partial charge in [-0.2, -0.15) is 0 Å². The molecule has 0 amide bonds.